The quantitative estimate of drug-likeness (QED) is 0.325. The van der Waals surface area contributed by atoms with Crippen LogP contribution in [0.5, 0.6) is 0 Å². The zero-order valence-corrected chi connectivity index (χ0v) is 11.8. The molecule has 2 unspecified atom stereocenters. The summed E-state index contributed by atoms with van der Waals surface area (Å²) in [7, 11) is 0. The maximum absolute atomic E-state index is 11.8. The van der Waals surface area contributed by atoms with Crippen LogP contribution in [0.1, 0.15) is 6.42 Å². The van der Waals surface area contributed by atoms with Crippen molar-refractivity contribution >= 4 is 17.2 Å². The minimum atomic E-state index is -1.17. The van der Waals surface area contributed by atoms with Crippen LogP contribution in [0.3, 0.4) is 0 Å². The molecule has 0 bridgehead atoms. The molecule has 2 rings (SSSR count). The molecule has 0 radical (unpaired) electrons. The average molecular weight is 313 g/mol. The number of rotatable bonds is 6. The van der Waals surface area contributed by atoms with Crippen molar-refractivity contribution in [3.8, 4) is 0 Å². The number of aliphatic hydroxyl groups is 3. The minimum absolute atomic E-state index is 0.00940. The molecule has 7 N–H and O–H groups in total. The SMILES string of the molecule is NCC1=Nc2c([nH]c(=O)[nH]c2=O)N(CC(O)C(O)CCO)C1. The first-order valence-electron chi connectivity index (χ1n) is 6.81. The number of aliphatic imine (C=N–C) groups is 1. The van der Waals surface area contributed by atoms with E-state index >= 15 is 0 Å². The Balaban J connectivity index is 2.33. The van der Waals surface area contributed by atoms with Gasteiger partial charge in [-0.2, -0.15) is 0 Å². The molecule has 0 aromatic carbocycles. The van der Waals surface area contributed by atoms with Gasteiger partial charge in [-0.25, -0.2) is 9.79 Å². The number of aliphatic hydroxyl groups excluding tert-OH is 3. The normalized spacial score (nSPS) is 16.9. The van der Waals surface area contributed by atoms with Gasteiger partial charge in [0, 0.05) is 19.7 Å². The van der Waals surface area contributed by atoms with E-state index in [-0.39, 0.29) is 44.2 Å². The number of β-amino-alcohol motifs (C(OH)–C–C–N with tert-alkyl or cyclic N) is 1. The standard InChI is InChI=1S/C12H19N5O5/c13-3-6-4-17(5-8(20)7(19)1-2-18)10-9(14-6)11(21)16-12(22)15-10/h7-8,18-20H,1-5,13H2,(H2,15,16,21,22). The van der Waals surface area contributed by atoms with Crippen molar-refractivity contribution in [3.05, 3.63) is 20.8 Å². The van der Waals surface area contributed by atoms with Gasteiger partial charge in [0.15, 0.2) is 5.69 Å². The predicted octanol–water partition coefficient (Wildman–Crippen LogP) is -2.98. The first-order valence-corrected chi connectivity index (χ1v) is 6.81. The zero-order chi connectivity index (χ0) is 16.3. The van der Waals surface area contributed by atoms with Crippen LogP contribution in [0.2, 0.25) is 0 Å². The number of nitrogens with one attached hydrogen (secondary N) is 2. The molecule has 2 atom stereocenters. The lowest BCUT2D eigenvalue weighted by Gasteiger charge is -2.31. The van der Waals surface area contributed by atoms with Gasteiger partial charge in [0.05, 0.1) is 24.5 Å². The third-order valence-electron chi connectivity index (χ3n) is 3.37. The fourth-order valence-electron chi connectivity index (χ4n) is 2.23. The zero-order valence-electron chi connectivity index (χ0n) is 11.8. The van der Waals surface area contributed by atoms with E-state index in [9.17, 15) is 19.8 Å². The summed E-state index contributed by atoms with van der Waals surface area (Å²) in [6.45, 7) is 0.0169. The summed E-state index contributed by atoms with van der Waals surface area (Å²) in [5.41, 5.74) is 4.73. The molecule has 0 amide bonds. The number of anilines is 1. The van der Waals surface area contributed by atoms with E-state index in [1.807, 2.05) is 0 Å². The van der Waals surface area contributed by atoms with Crippen LogP contribution in [0.25, 0.3) is 0 Å². The molecule has 0 aliphatic carbocycles. The second-order valence-electron chi connectivity index (χ2n) is 5.02. The highest BCUT2D eigenvalue weighted by atomic mass is 16.3. The van der Waals surface area contributed by atoms with Crippen LogP contribution in [0.15, 0.2) is 14.6 Å². The lowest BCUT2D eigenvalue weighted by atomic mass is 10.1. The van der Waals surface area contributed by atoms with E-state index in [0.717, 1.165) is 0 Å². The van der Waals surface area contributed by atoms with Crippen LogP contribution in [0.4, 0.5) is 11.5 Å². The molecule has 1 aliphatic heterocycles. The van der Waals surface area contributed by atoms with Gasteiger partial charge in [-0.05, 0) is 6.42 Å². The summed E-state index contributed by atoms with van der Waals surface area (Å²) < 4.78 is 0. The third kappa shape index (κ3) is 3.42. The number of nitrogens with two attached hydrogens (primary N) is 1. The average Bonchev–Trinajstić information content (AvgIpc) is 2.47. The fraction of sp³-hybridized carbons (Fsp3) is 0.583. The maximum atomic E-state index is 11.8. The van der Waals surface area contributed by atoms with E-state index in [1.165, 1.54) is 4.90 Å². The summed E-state index contributed by atoms with van der Waals surface area (Å²) in [5.74, 6) is 0.168. The molecular formula is C12H19N5O5. The van der Waals surface area contributed by atoms with Crippen molar-refractivity contribution in [2.45, 2.75) is 18.6 Å². The largest absolute Gasteiger partial charge is 0.396 e. The lowest BCUT2D eigenvalue weighted by molar-refractivity contribution is 0.00997. The summed E-state index contributed by atoms with van der Waals surface area (Å²) in [6, 6.07) is 0. The van der Waals surface area contributed by atoms with E-state index in [1.54, 1.807) is 0 Å². The Hall–Kier alpha value is -2.01. The first kappa shape index (κ1) is 16.4. The van der Waals surface area contributed by atoms with Crippen molar-refractivity contribution in [2.24, 2.45) is 10.7 Å². The summed E-state index contributed by atoms with van der Waals surface area (Å²) in [5, 5.41) is 28.5. The third-order valence-corrected chi connectivity index (χ3v) is 3.37. The van der Waals surface area contributed by atoms with Crippen LogP contribution in [-0.4, -0.2) is 69.4 Å². The molecular weight excluding hydrogens is 294 g/mol. The van der Waals surface area contributed by atoms with Gasteiger partial charge in [-0.15, -0.1) is 0 Å². The molecule has 0 saturated heterocycles. The molecule has 10 heteroatoms. The number of aromatic amines is 2. The van der Waals surface area contributed by atoms with Gasteiger partial charge in [-0.3, -0.25) is 14.8 Å². The molecule has 10 nitrogen and oxygen atoms in total. The van der Waals surface area contributed by atoms with Gasteiger partial charge in [0.25, 0.3) is 5.56 Å². The van der Waals surface area contributed by atoms with E-state index in [2.05, 4.69) is 15.0 Å². The van der Waals surface area contributed by atoms with Gasteiger partial charge >= 0.3 is 5.69 Å². The summed E-state index contributed by atoms with van der Waals surface area (Å²) in [6.07, 6.45) is -2.27. The Morgan fingerprint density at radius 2 is 2.00 bits per heavy atom. The highest BCUT2D eigenvalue weighted by Gasteiger charge is 2.26. The smallest absolute Gasteiger partial charge is 0.327 e. The number of fused-ring (bicyclic) bond motifs is 1. The Labute approximate surface area is 124 Å². The van der Waals surface area contributed by atoms with Crippen molar-refractivity contribution in [1.29, 1.82) is 0 Å². The van der Waals surface area contributed by atoms with Crippen LogP contribution in [-0.2, 0) is 0 Å². The second-order valence-corrected chi connectivity index (χ2v) is 5.02. The number of aromatic nitrogens is 2. The predicted molar refractivity (Wildman–Crippen MR) is 79.8 cm³/mol. The van der Waals surface area contributed by atoms with E-state index < -0.39 is 23.5 Å². The lowest BCUT2D eigenvalue weighted by Crippen LogP contribution is -2.46. The van der Waals surface area contributed by atoms with Gasteiger partial charge in [-0.1, -0.05) is 0 Å². The highest BCUT2D eigenvalue weighted by Crippen LogP contribution is 2.25. The number of nitrogens with zero attached hydrogens (tertiary/aromatic N) is 2. The Morgan fingerprint density at radius 3 is 2.64 bits per heavy atom. The van der Waals surface area contributed by atoms with Crippen molar-refractivity contribution in [3.63, 3.8) is 0 Å². The Morgan fingerprint density at radius 1 is 1.27 bits per heavy atom. The van der Waals surface area contributed by atoms with Crippen LogP contribution < -0.4 is 21.9 Å². The maximum Gasteiger partial charge on any atom is 0.327 e. The molecule has 2 heterocycles. The summed E-state index contributed by atoms with van der Waals surface area (Å²) in [4.78, 5) is 33.4. The Kier molecular flexibility index (Phi) is 5.08. The highest BCUT2D eigenvalue weighted by molar-refractivity contribution is 5.96. The molecule has 0 spiro atoms. The Bertz CT molecular complexity index is 667. The van der Waals surface area contributed by atoms with Gasteiger partial charge in [0.1, 0.15) is 5.82 Å². The van der Waals surface area contributed by atoms with Crippen molar-refractivity contribution < 1.29 is 15.3 Å². The first-order chi connectivity index (χ1) is 10.5. The number of hydrogen-bond donors (Lipinski definition) is 6. The van der Waals surface area contributed by atoms with Crippen molar-refractivity contribution in [2.75, 3.05) is 31.1 Å². The number of H-pyrrole nitrogens is 2. The van der Waals surface area contributed by atoms with E-state index in [4.69, 9.17) is 10.8 Å². The van der Waals surface area contributed by atoms with Gasteiger partial charge < -0.3 is 26.0 Å². The minimum Gasteiger partial charge on any atom is -0.396 e. The van der Waals surface area contributed by atoms with Crippen LogP contribution >= 0.6 is 0 Å². The molecule has 1 aliphatic rings. The fourth-order valence-corrected chi connectivity index (χ4v) is 2.23. The topological polar surface area (TPSA) is 168 Å². The number of hydrogen-bond acceptors (Lipinski definition) is 8. The molecule has 22 heavy (non-hydrogen) atoms. The molecule has 0 fully saturated rings. The monoisotopic (exact) mass is 313 g/mol. The second kappa shape index (κ2) is 6.83. The summed E-state index contributed by atoms with van der Waals surface area (Å²) >= 11 is 0. The van der Waals surface area contributed by atoms with Crippen LogP contribution in [0, 0.1) is 0 Å². The molecule has 1 aromatic rings. The van der Waals surface area contributed by atoms with Crippen molar-refractivity contribution in [1.82, 2.24) is 9.97 Å². The molecule has 1 aromatic heterocycles. The molecule has 0 saturated carbocycles. The van der Waals surface area contributed by atoms with Gasteiger partial charge in [0.2, 0.25) is 0 Å². The van der Waals surface area contributed by atoms with E-state index in [0.29, 0.717) is 5.71 Å². The molecule has 122 valence electrons.